The first kappa shape index (κ1) is 17.8. The maximum atomic E-state index is 11.7. The molecule has 0 bridgehead atoms. The van der Waals surface area contributed by atoms with E-state index < -0.39 is 5.60 Å². The second kappa shape index (κ2) is 7.31. The third kappa shape index (κ3) is 3.13. The number of hydrogen-bond acceptors (Lipinski definition) is 3. The molecule has 2 heterocycles. The second-order valence-electron chi connectivity index (χ2n) is 8.46. The van der Waals surface area contributed by atoms with Crippen molar-refractivity contribution in [3.8, 4) is 0 Å². The topological polar surface area (TPSA) is 36.4 Å². The molecule has 144 valence electrons. The fourth-order valence-corrected chi connectivity index (χ4v) is 5.46. The molecule has 1 saturated carbocycles. The first-order valence-corrected chi connectivity index (χ1v) is 10.6. The van der Waals surface area contributed by atoms with Crippen molar-refractivity contribution in [2.45, 2.75) is 50.3 Å². The Kier molecular flexibility index (Phi) is 4.65. The van der Waals surface area contributed by atoms with Crippen molar-refractivity contribution in [3.63, 3.8) is 0 Å². The fraction of sp³-hybridized carbons (Fsp3) is 0.400. The maximum Gasteiger partial charge on any atom is 0.0951 e. The molecule has 1 aromatic heterocycles. The van der Waals surface area contributed by atoms with Gasteiger partial charge in [0.1, 0.15) is 0 Å². The first-order chi connectivity index (χ1) is 13.7. The van der Waals surface area contributed by atoms with E-state index in [0.717, 1.165) is 42.7 Å². The van der Waals surface area contributed by atoms with Gasteiger partial charge in [-0.3, -0.25) is 9.88 Å². The van der Waals surface area contributed by atoms with Gasteiger partial charge in [0.15, 0.2) is 0 Å². The summed E-state index contributed by atoms with van der Waals surface area (Å²) in [6.45, 7) is 1.79. The van der Waals surface area contributed by atoms with Gasteiger partial charge in [-0.1, -0.05) is 67.4 Å². The van der Waals surface area contributed by atoms with Gasteiger partial charge in [-0.15, -0.1) is 0 Å². The van der Waals surface area contributed by atoms with Crippen molar-refractivity contribution in [1.82, 2.24) is 9.88 Å². The second-order valence-corrected chi connectivity index (χ2v) is 8.46. The van der Waals surface area contributed by atoms with Crippen molar-refractivity contribution in [2.24, 2.45) is 5.92 Å². The molecule has 2 aromatic carbocycles. The number of benzene rings is 2. The van der Waals surface area contributed by atoms with Gasteiger partial charge in [-0.05, 0) is 37.0 Å². The third-order valence-corrected chi connectivity index (χ3v) is 6.89. The number of nitrogens with zero attached hydrogens (tertiary/aromatic N) is 2. The molecule has 2 aliphatic rings. The van der Waals surface area contributed by atoms with E-state index in [1.54, 1.807) is 0 Å². The van der Waals surface area contributed by atoms with Crippen LogP contribution in [0.5, 0.6) is 0 Å². The predicted octanol–water partition coefficient (Wildman–Crippen LogP) is 4.89. The van der Waals surface area contributed by atoms with Crippen molar-refractivity contribution >= 4 is 10.9 Å². The summed E-state index contributed by atoms with van der Waals surface area (Å²) in [7, 11) is 0. The first-order valence-electron chi connectivity index (χ1n) is 10.6. The maximum absolute atomic E-state index is 11.7. The quantitative estimate of drug-likeness (QED) is 0.711. The van der Waals surface area contributed by atoms with Gasteiger partial charge in [0.25, 0.3) is 0 Å². The Morgan fingerprint density at radius 1 is 0.929 bits per heavy atom. The zero-order chi connectivity index (χ0) is 19.0. The van der Waals surface area contributed by atoms with Gasteiger partial charge >= 0.3 is 0 Å². The average Bonchev–Trinajstić information content (AvgIpc) is 2.76. The fourth-order valence-electron chi connectivity index (χ4n) is 5.46. The monoisotopic (exact) mass is 372 g/mol. The lowest BCUT2D eigenvalue weighted by Gasteiger charge is -2.52. The number of aromatic nitrogens is 1. The van der Waals surface area contributed by atoms with E-state index in [1.165, 1.54) is 24.6 Å². The Labute approximate surface area is 167 Å². The Hall–Kier alpha value is -2.23. The van der Waals surface area contributed by atoms with Crippen LogP contribution in [-0.2, 0) is 12.1 Å². The number of rotatable bonds is 3. The lowest BCUT2D eigenvalue weighted by molar-refractivity contribution is -0.123. The molecule has 3 heteroatoms. The molecule has 3 atom stereocenters. The van der Waals surface area contributed by atoms with Crippen molar-refractivity contribution in [1.29, 1.82) is 0 Å². The summed E-state index contributed by atoms with van der Waals surface area (Å²) < 4.78 is 0. The summed E-state index contributed by atoms with van der Waals surface area (Å²) in [4.78, 5) is 7.48. The molecule has 3 nitrogen and oxygen atoms in total. The van der Waals surface area contributed by atoms with Crippen LogP contribution in [0.3, 0.4) is 0 Å². The Morgan fingerprint density at radius 2 is 1.71 bits per heavy atom. The highest BCUT2D eigenvalue weighted by atomic mass is 16.3. The predicted molar refractivity (Wildman–Crippen MR) is 113 cm³/mol. The normalized spacial score (nSPS) is 28.2. The number of para-hydroxylation sites is 1. The van der Waals surface area contributed by atoms with Gasteiger partial charge in [-0.2, -0.15) is 0 Å². The minimum atomic E-state index is -0.695. The summed E-state index contributed by atoms with van der Waals surface area (Å²) in [5.41, 5.74) is 2.60. The molecule has 2 fully saturated rings. The lowest BCUT2D eigenvalue weighted by atomic mass is 9.66. The van der Waals surface area contributed by atoms with Crippen LogP contribution in [0.4, 0.5) is 0 Å². The molecule has 0 radical (unpaired) electrons. The number of pyridine rings is 1. The standard InChI is InChI=1S/C25H28N2O/c28-25(20-9-2-1-3-10-20)16-17-27(24-13-7-5-11-22(24)25)18-21-15-14-19-8-4-6-12-23(19)26-21/h1-4,6,8-10,12,14-15,22,24,28H,5,7,11,13,16-18H2/t22-,24+,25-/m0/s1. The average molecular weight is 373 g/mol. The lowest BCUT2D eigenvalue weighted by Crippen LogP contribution is -2.57. The van der Waals surface area contributed by atoms with Crippen molar-refractivity contribution in [2.75, 3.05) is 6.54 Å². The largest absolute Gasteiger partial charge is 0.385 e. The number of hydrogen-bond donors (Lipinski definition) is 1. The van der Waals surface area contributed by atoms with E-state index in [9.17, 15) is 5.11 Å². The van der Waals surface area contributed by atoms with E-state index >= 15 is 0 Å². The Morgan fingerprint density at radius 3 is 2.61 bits per heavy atom. The highest BCUT2D eigenvalue weighted by Gasteiger charge is 2.48. The smallest absolute Gasteiger partial charge is 0.0951 e. The van der Waals surface area contributed by atoms with E-state index in [2.05, 4.69) is 65.6 Å². The molecule has 28 heavy (non-hydrogen) atoms. The van der Waals surface area contributed by atoms with Gasteiger partial charge in [-0.25, -0.2) is 0 Å². The van der Waals surface area contributed by atoms with Crippen LogP contribution < -0.4 is 0 Å². The Balaban J connectivity index is 1.42. The van der Waals surface area contributed by atoms with Crippen molar-refractivity contribution < 1.29 is 5.11 Å². The highest BCUT2D eigenvalue weighted by Crippen LogP contribution is 2.47. The summed E-state index contributed by atoms with van der Waals surface area (Å²) in [5, 5.41) is 12.9. The van der Waals surface area contributed by atoms with Crippen LogP contribution in [0.1, 0.15) is 43.4 Å². The highest BCUT2D eigenvalue weighted by molar-refractivity contribution is 5.78. The minimum absolute atomic E-state index is 0.304. The molecule has 0 spiro atoms. The SMILES string of the molecule is O[C@]1(c2ccccc2)CCN(Cc2ccc3ccccc3n2)[C@@H]2CCCC[C@@H]21. The number of piperidine rings is 1. The summed E-state index contributed by atoms with van der Waals surface area (Å²) in [6, 6.07) is 23.4. The molecular weight excluding hydrogens is 344 g/mol. The zero-order valence-corrected chi connectivity index (χ0v) is 16.3. The van der Waals surface area contributed by atoms with Gasteiger partial charge in [0.05, 0.1) is 16.8 Å². The van der Waals surface area contributed by atoms with Crippen LogP contribution in [-0.4, -0.2) is 27.6 Å². The van der Waals surface area contributed by atoms with Crippen LogP contribution >= 0.6 is 0 Å². The summed E-state index contributed by atoms with van der Waals surface area (Å²) >= 11 is 0. The molecule has 1 N–H and O–H groups in total. The number of likely N-dealkylation sites (tertiary alicyclic amines) is 1. The van der Waals surface area contributed by atoms with Crippen LogP contribution in [0.25, 0.3) is 10.9 Å². The van der Waals surface area contributed by atoms with E-state index in [-0.39, 0.29) is 0 Å². The molecule has 3 aromatic rings. The van der Waals surface area contributed by atoms with Crippen LogP contribution in [0.2, 0.25) is 0 Å². The van der Waals surface area contributed by atoms with Crippen LogP contribution in [0, 0.1) is 5.92 Å². The molecule has 1 aliphatic carbocycles. The third-order valence-electron chi connectivity index (χ3n) is 6.89. The van der Waals surface area contributed by atoms with Gasteiger partial charge in [0, 0.05) is 30.4 Å². The number of fused-ring (bicyclic) bond motifs is 2. The molecule has 0 unspecified atom stereocenters. The number of aliphatic hydroxyl groups is 1. The summed E-state index contributed by atoms with van der Waals surface area (Å²) in [5.74, 6) is 0.304. The molecule has 1 aliphatic heterocycles. The van der Waals surface area contributed by atoms with Crippen LogP contribution in [0.15, 0.2) is 66.7 Å². The molecule has 0 amide bonds. The zero-order valence-electron chi connectivity index (χ0n) is 16.3. The molecule has 1 saturated heterocycles. The van der Waals surface area contributed by atoms with E-state index in [1.807, 2.05) is 6.07 Å². The Bertz CT molecular complexity index is 957. The van der Waals surface area contributed by atoms with Gasteiger partial charge in [0.2, 0.25) is 0 Å². The summed E-state index contributed by atoms with van der Waals surface area (Å²) in [6.07, 6.45) is 5.56. The van der Waals surface area contributed by atoms with Crippen molar-refractivity contribution in [3.05, 3.63) is 78.0 Å². The molecular formula is C25H28N2O. The van der Waals surface area contributed by atoms with Gasteiger partial charge < -0.3 is 5.11 Å². The van der Waals surface area contributed by atoms with E-state index in [0.29, 0.717) is 12.0 Å². The molecule has 5 rings (SSSR count). The minimum Gasteiger partial charge on any atom is -0.385 e. The van der Waals surface area contributed by atoms with E-state index in [4.69, 9.17) is 4.98 Å².